The van der Waals surface area contributed by atoms with Gasteiger partial charge in [-0.25, -0.2) is 0 Å². The van der Waals surface area contributed by atoms with Crippen LogP contribution in [0.2, 0.25) is 0 Å². The van der Waals surface area contributed by atoms with Crippen LogP contribution in [0.25, 0.3) is 0 Å². The minimum atomic E-state index is -0.652. The van der Waals surface area contributed by atoms with Crippen molar-refractivity contribution in [2.75, 3.05) is 17.2 Å². The molecule has 6 nitrogen and oxygen atoms in total. The molecular formula is C13H18N2O4. The Bertz CT molecular complexity index is 435. The van der Waals surface area contributed by atoms with Gasteiger partial charge in [0, 0.05) is 24.7 Å². The highest BCUT2D eigenvalue weighted by Gasteiger charge is 2.33. The molecule has 1 aromatic rings. The van der Waals surface area contributed by atoms with Gasteiger partial charge in [-0.1, -0.05) is 0 Å². The normalized spacial score (nSPS) is 26.2. The van der Waals surface area contributed by atoms with Crippen LogP contribution in [0.15, 0.2) is 24.3 Å². The van der Waals surface area contributed by atoms with Crippen LogP contribution in [-0.4, -0.2) is 41.2 Å². The van der Waals surface area contributed by atoms with Gasteiger partial charge in [-0.3, -0.25) is 4.79 Å². The van der Waals surface area contributed by atoms with Gasteiger partial charge in [-0.2, -0.15) is 0 Å². The highest BCUT2D eigenvalue weighted by atomic mass is 16.5. The Hall–Kier alpha value is -1.63. The van der Waals surface area contributed by atoms with Crippen molar-refractivity contribution < 1.29 is 19.7 Å². The second-order valence-electron chi connectivity index (χ2n) is 4.55. The first-order chi connectivity index (χ1) is 9.08. The van der Waals surface area contributed by atoms with Crippen LogP contribution >= 0.6 is 0 Å². The number of nitrogens with one attached hydrogen (secondary N) is 2. The van der Waals surface area contributed by atoms with Crippen LogP contribution in [-0.2, 0) is 9.53 Å². The van der Waals surface area contributed by atoms with E-state index in [9.17, 15) is 9.90 Å². The van der Waals surface area contributed by atoms with E-state index in [1.807, 2.05) is 12.1 Å². The summed E-state index contributed by atoms with van der Waals surface area (Å²) in [7, 11) is 0. The number of benzene rings is 1. The van der Waals surface area contributed by atoms with Crippen molar-refractivity contribution >= 4 is 17.3 Å². The van der Waals surface area contributed by atoms with E-state index in [0.717, 1.165) is 11.4 Å². The molecule has 1 aliphatic rings. The van der Waals surface area contributed by atoms with Gasteiger partial charge in [-0.05, 0) is 24.3 Å². The molecule has 0 aliphatic carbocycles. The van der Waals surface area contributed by atoms with E-state index in [-0.39, 0.29) is 18.7 Å². The summed E-state index contributed by atoms with van der Waals surface area (Å²) in [5.74, 6) is -0.117. The quantitative estimate of drug-likeness (QED) is 0.638. The van der Waals surface area contributed by atoms with Gasteiger partial charge in [0.25, 0.3) is 0 Å². The maximum Gasteiger partial charge on any atom is 0.221 e. The average Bonchev–Trinajstić information content (AvgIpc) is 2.71. The average molecular weight is 266 g/mol. The third-order valence-electron chi connectivity index (χ3n) is 2.94. The Morgan fingerprint density at radius 1 is 1.37 bits per heavy atom. The number of anilines is 2. The summed E-state index contributed by atoms with van der Waals surface area (Å²) in [6.07, 6.45) is -1.07. The number of carbonyl (C=O) groups is 1. The van der Waals surface area contributed by atoms with E-state index in [1.165, 1.54) is 6.92 Å². The molecule has 0 aromatic heterocycles. The zero-order valence-corrected chi connectivity index (χ0v) is 10.7. The van der Waals surface area contributed by atoms with Crippen molar-refractivity contribution in [3.63, 3.8) is 0 Å². The third kappa shape index (κ3) is 3.66. The lowest BCUT2D eigenvalue weighted by Gasteiger charge is -2.15. The van der Waals surface area contributed by atoms with Crippen LogP contribution in [0.4, 0.5) is 11.4 Å². The second kappa shape index (κ2) is 6.01. The van der Waals surface area contributed by atoms with Gasteiger partial charge in [0.15, 0.2) is 0 Å². The maximum absolute atomic E-state index is 10.9. The molecule has 0 saturated carbocycles. The van der Waals surface area contributed by atoms with Gasteiger partial charge in [0.1, 0.15) is 12.3 Å². The summed E-state index contributed by atoms with van der Waals surface area (Å²) >= 11 is 0. The molecule has 1 aliphatic heterocycles. The predicted molar refractivity (Wildman–Crippen MR) is 70.7 cm³/mol. The number of aliphatic hydroxyl groups is 2. The van der Waals surface area contributed by atoms with E-state index in [4.69, 9.17) is 9.84 Å². The summed E-state index contributed by atoms with van der Waals surface area (Å²) in [5.41, 5.74) is 1.54. The molecule has 3 atom stereocenters. The molecule has 4 N–H and O–H groups in total. The molecule has 0 radical (unpaired) electrons. The lowest BCUT2D eigenvalue weighted by molar-refractivity contribution is -0.114. The van der Waals surface area contributed by atoms with Crippen molar-refractivity contribution in [1.29, 1.82) is 0 Å². The van der Waals surface area contributed by atoms with Gasteiger partial charge >= 0.3 is 0 Å². The fourth-order valence-corrected chi connectivity index (χ4v) is 2.02. The Morgan fingerprint density at radius 2 is 2.00 bits per heavy atom. The van der Waals surface area contributed by atoms with Crippen molar-refractivity contribution in [2.45, 2.75) is 31.8 Å². The highest BCUT2D eigenvalue weighted by Crippen LogP contribution is 2.23. The molecule has 1 aromatic carbocycles. The van der Waals surface area contributed by atoms with Crippen molar-refractivity contribution in [3.8, 4) is 0 Å². The molecule has 1 fully saturated rings. The maximum atomic E-state index is 10.9. The largest absolute Gasteiger partial charge is 0.394 e. The second-order valence-corrected chi connectivity index (χ2v) is 4.55. The van der Waals surface area contributed by atoms with Crippen LogP contribution in [0.3, 0.4) is 0 Å². The van der Waals surface area contributed by atoms with E-state index in [0.29, 0.717) is 6.42 Å². The third-order valence-corrected chi connectivity index (χ3v) is 2.94. The monoisotopic (exact) mass is 266 g/mol. The SMILES string of the molecule is CC(=O)Nc1ccc(N[C@H]2C[C@@H](O)[C@@H](CO)O2)cc1. The number of amides is 1. The zero-order chi connectivity index (χ0) is 13.8. The lowest BCUT2D eigenvalue weighted by Crippen LogP contribution is -2.25. The van der Waals surface area contributed by atoms with Gasteiger partial charge < -0.3 is 25.6 Å². The number of ether oxygens (including phenoxy) is 1. The van der Waals surface area contributed by atoms with Crippen molar-refractivity contribution in [1.82, 2.24) is 0 Å². The molecule has 19 heavy (non-hydrogen) atoms. The smallest absolute Gasteiger partial charge is 0.221 e. The summed E-state index contributed by atoms with van der Waals surface area (Å²) in [6.45, 7) is 1.26. The molecule has 0 bridgehead atoms. The fourth-order valence-electron chi connectivity index (χ4n) is 2.02. The number of hydrogen-bond acceptors (Lipinski definition) is 5. The van der Waals surface area contributed by atoms with E-state index in [2.05, 4.69) is 10.6 Å². The standard InChI is InChI=1S/C13H18N2O4/c1-8(17)14-9-2-4-10(5-3-9)15-13-6-11(18)12(7-16)19-13/h2-5,11-13,15-16,18H,6-7H2,1H3,(H,14,17)/t11-,12-,13-/m1/s1. The molecular weight excluding hydrogens is 248 g/mol. The molecule has 1 amide bonds. The van der Waals surface area contributed by atoms with E-state index >= 15 is 0 Å². The summed E-state index contributed by atoms with van der Waals surface area (Å²) in [4.78, 5) is 10.9. The van der Waals surface area contributed by atoms with Crippen LogP contribution in [0.5, 0.6) is 0 Å². The molecule has 1 saturated heterocycles. The Kier molecular flexibility index (Phi) is 4.36. The zero-order valence-electron chi connectivity index (χ0n) is 10.7. The van der Waals surface area contributed by atoms with Crippen LogP contribution < -0.4 is 10.6 Å². The number of aliphatic hydroxyl groups excluding tert-OH is 2. The van der Waals surface area contributed by atoms with Gasteiger partial charge in [-0.15, -0.1) is 0 Å². The molecule has 104 valence electrons. The van der Waals surface area contributed by atoms with E-state index in [1.54, 1.807) is 12.1 Å². The molecule has 0 spiro atoms. The van der Waals surface area contributed by atoms with Crippen molar-refractivity contribution in [3.05, 3.63) is 24.3 Å². The topological polar surface area (TPSA) is 90.8 Å². The van der Waals surface area contributed by atoms with Crippen molar-refractivity contribution in [2.24, 2.45) is 0 Å². The minimum Gasteiger partial charge on any atom is -0.394 e. The number of rotatable bonds is 4. The van der Waals surface area contributed by atoms with E-state index < -0.39 is 12.2 Å². The lowest BCUT2D eigenvalue weighted by atomic mass is 10.2. The first-order valence-corrected chi connectivity index (χ1v) is 6.17. The summed E-state index contributed by atoms with van der Waals surface area (Å²) in [6, 6.07) is 7.18. The first-order valence-electron chi connectivity index (χ1n) is 6.17. The Balaban J connectivity index is 1.91. The first kappa shape index (κ1) is 13.8. The predicted octanol–water partition coefficient (Wildman–Crippen LogP) is 0.525. The van der Waals surface area contributed by atoms with Crippen LogP contribution in [0, 0.1) is 0 Å². The minimum absolute atomic E-state index is 0.117. The van der Waals surface area contributed by atoms with Gasteiger partial charge in [0.05, 0.1) is 12.7 Å². The Morgan fingerprint density at radius 3 is 2.53 bits per heavy atom. The molecule has 6 heteroatoms. The highest BCUT2D eigenvalue weighted by molar-refractivity contribution is 5.88. The molecule has 1 heterocycles. The molecule has 0 unspecified atom stereocenters. The fraction of sp³-hybridized carbons (Fsp3) is 0.462. The summed E-state index contributed by atoms with van der Waals surface area (Å²) in [5, 5.41) is 24.4. The number of carbonyl (C=O) groups excluding carboxylic acids is 1. The van der Waals surface area contributed by atoms with Gasteiger partial charge in [0.2, 0.25) is 5.91 Å². The Labute approximate surface area is 111 Å². The molecule has 2 rings (SSSR count). The summed E-state index contributed by atoms with van der Waals surface area (Å²) < 4.78 is 5.44. The number of hydrogen-bond donors (Lipinski definition) is 4. The van der Waals surface area contributed by atoms with Crippen LogP contribution in [0.1, 0.15) is 13.3 Å².